The first kappa shape index (κ1) is 14.9. The Morgan fingerprint density at radius 2 is 2.26 bits per heavy atom. The minimum absolute atomic E-state index is 0.0575. The highest BCUT2D eigenvalue weighted by Crippen LogP contribution is 2.24. The molecule has 6 nitrogen and oxygen atoms in total. The average Bonchev–Trinajstić information content (AvgIpc) is 2.40. The lowest BCUT2D eigenvalue weighted by molar-refractivity contribution is -0.384. The third-order valence-electron chi connectivity index (χ3n) is 2.56. The number of benzene rings is 1. The molecular formula is C13H17N3O3. The number of nitrogens with one attached hydrogen (secondary N) is 1. The summed E-state index contributed by atoms with van der Waals surface area (Å²) < 4.78 is 5.60. The summed E-state index contributed by atoms with van der Waals surface area (Å²) >= 11 is 0. The molecule has 1 aromatic carbocycles. The molecule has 0 bridgehead atoms. The van der Waals surface area contributed by atoms with Gasteiger partial charge in [-0.05, 0) is 26.0 Å². The van der Waals surface area contributed by atoms with Crippen LogP contribution in [-0.2, 0) is 6.54 Å². The number of nitro groups is 1. The van der Waals surface area contributed by atoms with Crippen molar-refractivity contribution in [3.63, 3.8) is 0 Å². The van der Waals surface area contributed by atoms with Gasteiger partial charge in [-0.1, -0.05) is 0 Å². The molecule has 19 heavy (non-hydrogen) atoms. The van der Waals surface area contributed by atoms with Gasteiger partial charge in [-0.2, -0.15) is 5.26 Å². The molecule has 1 rings (SSSR count). The van der Waals surface area contributed by atoms with E-state index in [-0.39, 0.29) is 5.69 Å². The lowest BCUT2D eigenvalue weighted by atomic mass is 10.1. The second kappa shape index (κ2) is 8.06. The smallest absolute Gasteiger partial charge is 0.270 e. The van der Waals surface area contributed by atoms with Crippen molar-refractivity contribution in [2.45, 2.75) is 25.8 Å². The van der Waals surface area contributed by atoms with Crippen molar-refractivity contribution in [2.24, 2.45) is 0 Å². The van der Waals surface area contributed by atoms with Gasteiger partial charge in [0.2, 0.25) is 0 Å². The second-order valence-corrected chi connectivity index (χ2v) is 4.04. The monoisotopic (exact) mass is 263 g/mol. The van der Waals surface area contributed by atoms with Crippen LogP contribution in [0.3, 0.4) is 0 Å². The third-order valence-corrected chi connectivity index (χ3v) is 2.56. The molecule has 102 valence electrons. The van der Waals surface area contributed by atoms with E-state index in [1.54, 1.807) is 13.1 Å². The number of nitro benzene ring substituents is 1. The van der Waals surface area contributed by atoms with Gasteiger partial charge >= 0.3 is 0 Å². The number of nitriles is 1. The van der Waals surface area contributed by atoms with Crippen molar-refractivity contribution in [3.05, 3.63) is 33.9 Å². The molecule has 0 aromatic heterocycles. The van der Waals surface area contributed by atoms with E-state index in [0.717, 1.165) is 18.4 Å². The fourth-order valence-electron chi connectivity index (χ4n) is 1.64. The van der Waals surface area contributed by atoms with E-state index in [0.29, 0.717) is 25.3 Å². The summed E-state index contributed by atoms with van der Waals surface area (Å²) in [5.74, 6) is 0.650. The molecule has 0 atom stereocenters. The molecule has 6 heteroatoms. The molecular weight excluding hydrogens is 246 g/mol. The van der Waals surface area contributed by atoms with Crippen LogP contribution < -0.4 is 10.1 Å². The fraction of sp³-hybridized carbons (Fsp3) is 0.462. The molecule has 0 amide bonds. The Kier molecular flexibility index (Phi) is 6.33. The molecule has 0 fully saturated rings. The van der Waals surface area contributed by atoms with Crippen LogP contribution in [0.25, 0.3) is 0 Å². The Morgan fingerprint density at radius 3 is 2.89 bits per heavy atom. The number of hydrogen-bond acceptors (Lipinski definition) is 5. The van der Waals surface area contributed by atoms with Crippen LogP contribution in [0.1, 0.15) is 24.8 Å². The highest BCUT2D eigenvalue weighted by atomic mass is 16.6. The van der Waals surface area contributed by atoms with Gasteiger partial charge in [0.15, 0.2) is 0 Å². The van der Waals surface area contributed by atoms with Crippen LogP contribution in [0.15, 0.2) is 18.2 Å². The summed E-state index contributed by atoms with van der Waals surface area (Å²) in [6, 6.07) is 6.65. The predicted octanol–water partition coefficient (Wildman–Crippen LogP) is 2.39. The van der Waals surface area contributed by atoms with E-state index in [1.807, 2.05) is 0 Å². The molecule has 1 aromatic rings. The average molecular weight is 263 g/mol. The molecule has 0 unspecified atom stereocenters. The number of non-ortho nitro benzene ring substituents is 1. The molecule has 0 aliphatic carbocycles. The summed E-state index contributed by atoms with van der Waals surface area (Å²) in [6.45, 7) is 1.02. The van der Waals surface area contributed by atoms with Gasteiger partial charge in [0.25, 0.3) is 5.69 Å². The number of ether oxygens (including phenoxy) is 1. The zero-order chi connectivity index (χ0) is 14.1. The van der Waals surface area contributed by atoms with Crippen molar-refractivity contribution in [1.82, 2.24) is 5.32 Å². The Hall–Kier alpha value is -2.13. The van der Waals surface area contributed by atoms with E-state index in [2.05, 4.69) is 11.4 Å². The molecule has 0 saturated heterocycles. The molecule has 0 saturated carbocycles. The summed E-state index contributed by atoms with van der Waals surface area (Å²) in [7, 11) is 1.77. The van der Waals surface area contributed by atoms with Crippen molar-refractivity contribution in [2.75, 3.05) is 13.7 Å². The topological polar surface area (TPSA) is 88.2 Å². The summed E-state index contributed by atoms with van der Waals surface area (Å²) in [4.78, 5) is 10.3. The first-order chi connectivity index (χ1) is 9.19. The minimum atomic E-state index is -0.421. The van der Waals surface area contributed by atoms with E-state index in [4.69, 9.17) is 10.00 Å². The van der Waals surface area contributed by atoms with Gasteiger partial charge in [-0.3, -0.25) is 10.1 Å². The maximum atomic E-state index is 10.7. The van der Waals surface area contributed by atoms with Crippen molar-refractivity contribution >= 4 is 5.69 Å². The SMILES string of the molecule is CNCc1cc([N+](=O)[O-])ccc1OCCCCC#N. The van der Waals surface area contributed by atoms with E-state index < -0.39 is 4.92 Å². The van der Waals surface area contributed by atoms with Crippen molar-refractivity contribution < 1.29 is 9.66 Å². The zero-order valence-electron chi connectivity index (χ0n) is 10.9. The molecule has 0 aliphatic rings. The highest BCUT2D eigenvalue weighted by Gasteiger charge is 2.11. The van der Waals surface area contributed by atoms with Crippen LogP contribution in [-0.4, -0.2) is 18.6 Å². The van der Waals surface area contributed by atoms with E-state index in [1.165, 1.54) is 12.1 Å². The molecule has 1 N–H and O–H groups in total. The first-order valence-electron chi connectivity index (χ1n) is 6.10. The number of unbranched alkanes of at least 4 members (excludes halogenated alkanes) is 2. The van der Waals surface area contributed by atoms with Crippen LogP contribution in [0, 0.1) is 21.4 Å². The van der Waals surface area contributed by atoms with Crippen LogP contribution in [0.4, 0.5) is 5.69 Å². The predicted molar refractivity (Wildman–Crippen MR) is 70.8 cm³/mol. The Balaban J connectivity index is 2.65. The molecule has 0 heterocycles. The zero-order valence-corrected chi connectivity index (χ0v) is 10.9. The lowest BCUT2D eigenvalue weighted by Gasteiger charge is -2.10. The van der Waals surface area contributed by atoms with E-state index >= 15 is 0 Å². The summed E-state index contributed by atoms with van der Waals surface area (Å²) in [5, 5.41) is 22.1. The van der Waals surface area contributed by atoms with Crippen molar-refractivity contribution in [1.29, 1.82) is 5.26 Å². The number of nitrogens with zero attached hydrogens (tertiary/aromatic N) is 2. The Bertz CT molecular complexity index is 469. The molecule has 0 radical (unpaired) electrons. The molecule has 0 spiro atoms. The maximum Gasteiger partial charge on any atom is 0.270 e. The normalized spacial score (nSPS) is 9.89. The van der Waals surface area contributed by atoms with Gasteiger partial charge < -0.3 is 10.1 Å². The van der Waals surface area contributed by atoms with Crippen LogP contribution >= 0.6 is 0 Å². The van der Waals surface area contributed by atoms with Crippen LogP contribution in [0.2, 0.25) is 0 Å². The first-order valence-corrected chi connectivity index (χ1v) is 6.10. The second-order valence-electron chi connectivity index (χ2n) is 4.04. The number of rotatable bonds is 8. The third kappa shape index (κ3) is 4.94. The molecule has 0 aliphatic heterocycles. The van der Waals surface area contributed by atoms with Gasteiger partial charge in [-0.15, -0.1) is 0 Å². The van der Waals surface area contributed by atoms with Gasteiger partial charge in [0, 0.05) is 30.7 Å². The highest BCUT2D eigenvalue weighted by molar-refractivity contribution is 5.43. The van der Waals surface area contributed by atoms with Crippen molar-refractivity contribution in [3.8, 4) is 11.8 Å². The fourth-order valence-corrected chi connectivity index (χ4v) is 1.64. The summed E-state index contributed by atoms with van der Waals surface area (Å²) in [5.41, 5.74) is 0.819. The largest absolute Gasteiger partial charge is 0.493 e. The Labute approximate surface area is 112 Å². The van der Waals surface area contributed by atoms with E-state index in [9.17, 15) is 10.1 Å². The Morgan fingerprint density at radius 1 is 1.47 bits per heavy atom. The van der Waals surface area contributed by atoms with Gasteiger partial charge in [0.05, 0.1) is 17.6 Å². The maximum absolute atomic E-state index is 10.7. The standard InChI is InChI=1S/C13H17N3O3/c1-15-10-11-9-12(16(17)18)5-6-13(11)19-8-4-2-3-7-14/h5-6,9,15H,2-4,8,10H2,1H3. The lowest BCUT2D eigenvalue weighted by Crippen LogP contribution is -2.08. The summed E-state index contributed by atoms with van der Waals surface area (Å²) in [6.07, 6.45) is 2.11. The van der Waals surface area contributed by atoms with Gasteiger partial charge in [-0.25, -0.2) is 0 Å². The minimum Gasteiger partial charge on any atom is -0.493 e. The van der Waals surface area contributed by atoms with Crippen LogP contribution in [0.5, 0.6) is 5.75 Å². The van der Waals surface area contributed by atoms with Gasteiger partial charge in [0.1, 0.15) is 5.75 Å². The quantitative estimate of drug-likeness (QED) is 0.442. The number of hydrogen-bond donors (Lipinski definition) is 1.